The molecule has 0 N–H and O–H groups in total. The fraction of sp³-hybridized carbons (Fsp3) is 0.522. The number of rotatable bonds is 3. The second-order valence-corrected chi connectivity index (χ2v) is 9.37. The van der Waals surface area contributed by atoms with Crippen LogP contribution in [-0.4, -0.2) is 63.8 Å². The number of non-ortho nitro benzene ring substituents is 1. The normalized spacial score (nSPS) is 18.6. The molecular weight excluding hydrogens is 426 g/mol. The summed E-state index contributed by atoms with van der Waals surface area (Å²) >= 11 is 0. The molecule has 1 aromatic heterocycles. The molecule has 4 rings (SSSR count). The van der Waals surface area contributed by atoms with E-state index in [0.29, 0.717) is 50.7 Å². The highest BCUT2D eigenvalue weighted by atomic mass is 16.6. The van der Waals surface area contributed by atoms with Gasteiger partial charge in [0.2, 0.25) is 0 Å². The van der Waals surface area contributed by atoms with Crippen molar-refractivity contribution in [1.82, 2.24) is 14.9 Å². The number of hydrogen-bond donors (Lipinski definition) is 0. The van der Waals surface area contributed by atoms with Crippen LogP contribution in [0.5, 0.6) is 0 Å². The summed E-state index contributed by atoms with van der Waals surface area (Å²) in [7, 11) is 0. The molecule has 176 valence electrons. The Balaban J connectivity index is 1.73. The maximum atomic E-state index is 12.7. The zero-order valence-electron chi connectivity index (χ0n) is 19.4. The first-order valence-electron chi connectivity index (χ1n) is 11.1. The Morgan fingerprint density at radius 3 is 2.58 bits per heavy atom. The molecule has 2 aliphatic heterocycles. The number of nitro benzene ring substituents is 1. The molecule has 0 aliphatic carbocycles. The summed E-state index contributed by atoms with van der Waals surface area (Å²) in [6, 6.07) is 6.35. The van der Waals surface area contributed by atoms with Gasteiger partial charge in [-0.25, -0.2) is 14.8 Å². The minimum atomic E-state index is -0.582. The lowest BCUT2D eigenvalue weighted by atomic mass is 10.0. The molecule has 10 heteroatoms. The van der Waals surface area contributed by atoms with Crippen molar-refractivity contribution < 1.29 is 19.2 Å². The quantitative estimate of drug-likeness (QED) is 0.510. The van der Waals surface area contributed by atoms with Crippen molar-refractivity contribution in [3.05, 3.63) is 45.6 Å². The van der Waals surface area contributed by atoms with Crippen molar-refractivity contribution in [2.45, 2.75) is 52.3 Å². The van der Waals surface area contributed by atoms with E-state index in [0.717, 1.165) is 17.1 Å². The van der Waals surface area contributed by atoms with E-state index in [4.69, 9.17) is 19.4 Å². The van der Waals surface area contributed by atoms with Gasteiger partial charge in [0, 0.05) is 36.3 Å². The van der Waals surface area contributed by atoms with Crippen LogP contribution in [0.15, 0.2) is 24.3 Å². The highest BCUT2D eigenvalue weighted by Crippen LogP contribution is 2.32. The largest absolute Gasteiger partial charge is 0.444 e. The lowest BCUT2D eigenvalue weighted by Crippen LogP contribution is -2.46. The van der Waals surface area contributed by atoms with Crippen LogP contribution in [0, 0.1) is 10.1 Å². The van der Waals surface area contributed by atoms with Crippen LogP contribution in [0.25, 0.3) is 11.4 Å². The van der Waals surface area contributed by atoms with Gasteiger partial charge in [0.1, 0.15) is 11.4 Å². The third kappa shape index (κ3) is 5.05. The molecule has 0 saturated carbocycles. The summed E-state index contributed by atoms with van der Waals surface area (Å²) in [6.45, 7) is 10.4. The van der Waals surface area contributed by atoms with E-state index in [1.165, 1.54) is 12.1 Å². The monoisotopic (exact) mass is 455 g/mol. The molecule has 0 spiro atoms. The number of fused-ring (bicyclic) bond motifs is 1. The third-order valence-electron chi connectivity index (χ3n) is 5.67. The molecule has 33 heavy (non-hydrogen) atoms. The summed E-state index contributed by atoms with van der Waals surface area (Å²) in [5.41, 5.74) is 1.90. The number of anilines is 1. The van der Waals surface area contributed by atoms with Crippen LogP contribution < -0.4 is 4.90 Å². The first kappa shape index (κ1) is 22.9. The number of benzene rings is 1. The van der Waals surface area contributed by atoms with Crippen molar-refractivity contribution in [2.75, 3.05) is 31.2 Å². The first-order valence-corrected chi connectivity index (χ1v) is 11.1. The summed E-state index contributed by atoms with van der Waals surface area (Å²) < 4.78 is 11.2. The van der Waals surface area contributed by atoms with Crippen LogP contribution in [-0.2, 0) is 22.4 Å². The summed E-state index contributed by atoms with van der Waals surface area (Å²) in [5.74, 6) is 1.32. The Morgan fingerprint density at radius 1 is 1.21 bits per heavy atom. The van der Waals surface area contributed by atoms with Gasteiger partial charge in [0.15, 0.2) is 5.82 Å². The fourth-order valence-corrected chi connectivity index (χ4v) is 4.03. The van der Waals surface area contributed by atoms with Gasteiger partial charge < -0.3 is 19.3 Å². The topological polar surface area (TPSA) is 111 Å². The number of nitro groups is 1. The third-order valence-corrected chi connectivity index (χ3v) is 5.67. The van der Waals surface area contributed by atoms with Gasteiger partial charge in [0.25, 0.3) is 5.69 Å². The first-order chi connectivity index (χ1) is 15.6. The number of hydrogen-bond acceptors (Lipinski definition) is 8. The van der Waals surface area contributed by atoms with Crippen LogP contribution in [0.3, 0.4) is 0 Å². The zero-order valence-corrected chi connectivity index (χ0v) is 19.4. The second-order valence-electron chi connectivity index (χ2n) is 9.37. The molecule has 1 saturated heterocycles. The number of carbonyl (C=O) groups excluding carboxylic acids is 1. The van der Waals surface area contributed by atoms with E-state index in [2.05, 4.69) is 11.8 Å². The molecule has 1 fully saturated rings. The van der Waals surface area contributed by atoms with E-state index >= 15 is 0 Å². The number of nitrogens with zero attached hydrogens (tertiary/aromatic N) is 5. The maximum Gasteiger partial charge on any atom is 0.410 e. The average molecular weight is 456 g/mol. The number of amides is 1. The van der Waals surface area contributed by atoms with Crippen molar-refractivity contribution in [2.24, 2.45) is 0 Å². The smallest absolute Gasteiger partial charge is 0.410 e. The standard InChI is InChI=1S/C23H29N5O5/c1-15-14-32-12-11-27(15)21-18-9-10-26(22(29)33-23(2,3)4)13-19(18)24-20(25-21)16-5-7-17(8-6-16)28(30)31/h5-8,15H,9-14H2,1-4H3/t15-/m0/s1. The van der Waals surface area contributed by atoms with Crippen molar-refractivity contribution in [3.63, 3.8) is 0 Å². The minimum absolute atomic E-state index is 0.00911. The van der Waals surface area contributed by atoms with Gasteiger partial charge in [-0.2, -0.15) is 0 Å². The van der Waals surface area contributed by atoms with Gasteiger partial charge in [-0.15, -0.1) is 0 Å². The van der Waals surface area contributed by atoms with E-state index in [-0.39, 0.29) is 17.8 Å². The second kappa shape index (κ2) is 8.93. The van der Waals surface area contributed by atoms with Crippen LogP contribution >= 0.6 is 0 Å². The Bertz CT molecular complexity index is 1050. The number of carbonyl (C=O) groups is 1. The predicted octanol–water partition coefficient (Wildman–Crippen LogP) is 3.57. The molecule has 0 unspecified atom stereocenters. The summed E-state index contributed by atoms with van der Waals surface area (Å²) in [4.78, 5) is 36.8. The van der Waals surface area contributed by atoms with Crippen molar-refractivity contribution in [3.8, 4) is 11.4 Å². The van der Waals surface area contributed by atoms with Crippen LogP contribution in [0.1, 0.15) is 39.0 Å². The lowest BCUT2D eigenvalue weighted by Gasteiger charge is -2.38. The Morgan fingerprint density at radius 2 is 1.94 bits per heavy atom. The summed E-state index contributed by atoms with van der Waals surface area (Å²) in [6.07, 6.45) is 0.249. The minimum Gasteiger partial charge on any atom is -0.444 e. The van der Waals surface area contributed by atoms with Crippen molar-refractivity contribution in [1.29, 1.82) is 0 Å². The van der Waals surface area contributed by atoms with E-state index in [1.807, 2.05) is 20.8 Å². The van der Waals surface area contributed by atoms with Crippen molar-refractivity contribution >= 4 is 17.6 Å². The predicted molar refractivity (Wildman–Crippen MR) is 122 cm³/mol. The highest BCUT2D eigenvalue weighted by Gasteiger charge is 2.32. The molecule has 10 nitrogen and oxygen atoms in total. The van der Waals surface area contributed by atoms with Gasteiger partial charge >= 0.3 is 6.09 Å². The average Bonchev–Trinajstić information content (AvgIpc) is 2.77. The molecule has 0 bridgehead atoms. The summed E-state index contributed by atoms with van der Waals surface area (Å²) in [5, 5.41) is 11.0. The molecule has 1 atom stereocenters. The molecule has 0 radical (unpaired) electrons. The van der Waals surface area contributed by atoms with E-state index < -0.39 is 10.5 Å². The van der Waals surface area contributed by atoms with E-state index in [9.17, 15) is 14.9 Å². The number of ether oxygens (including phenoxy) is 2. The molecule has 3 heterocycles. The molecular formula is C23H29N5O5. The fourth-order valence-electron chi connectivity index (χ4n) is 4.03. The molecule has 1 amide bonds. The van der Waals surface area contributed by atoms with Gasteiger partial charge in [0.05, 0.1) is 36.4 Å². The van der Waals surface area contributed by atoms with Crippen LogP contribution in [0.4, 0.5) is 16.3 Å². The molecule has 2 aliphatic rings. The zero-order chi connectivity index (χ0) is 23.8. The van der Waals surface area contributed by atoms with Crippen LogP contribution in [0.2, 0.25) is 0 Å². The van der Waals surface area contributed by atoms with Gasteiger partial charge in [-0.05, 0) is 46.2 Å². The number of aromatic nitrogens is 2. The lowest BCUT2D eigenvalue weighted by molar-refractivity contribution is -0.384. The Hall–Kier alpha value is -3.27. The maximum absolute atomic E-state index is 12.7. The van der Waals surface area contributed by atoms with Gasteiger partial charge in [-0.1, -0.05) is 0 Å². The Kier molecular flexibility index (Phi) is 6.20. The van der Waals surface area contributed by atoms with E-state index in [1.54, 1.807) is 17.0 Å². The SMILES string of the molecule is C[C@H]1COCCN1c1nc(-c2ccc([N+](=O)[O-])cc2)nc2c1CCN(C(=O)OC(C)(C)C)C2. The van der Waals surface area contributed by atoms with Gasteiger partial charge in [-0.3, -0.25) is 10.1 Å². The Labute approximate surface area is 192 Å². The number of morpholine rings is 1. The molecule has 2 aromatic rings. The highest BCUT2D eigenvalue weighted by molar-refractivity contribution is 5.69. The molecule has 1 aromatic carbocycles.